The van der Waals surface area contributed by atoms with Gasteiger partial charge in [-0.15, -0.1) is 0 Å². The van der Waals surface area contributed by atoms with Crippen molar-refractivity contribution < 1.29 is 29.0 Å². The topological polar surface area (TPSA) is 90.3 Å². The number of pyridine rings is 1. The summed E-state index contributed by atoms with van der Waals surface area (Å²) in [7, 11) is 3.44. The molecule has 0 atom stereocenters. The van der Waals surface area contributed by atoms with Gasteiger partial charge in [-0.2, -0.15) is 5.26 Å². The van der Waals surface area contributed by atoms with Crippen molar-refractivity contribution in [2.45, 2.75) is 6.85 Å². The average Bonchev–Trinajstić information content (AvgIpc) is 2.92. The van der Waals surface area contributed by atoms with Gasteiger partial charge in [-0.05, 0) is 45.1 Å². The zero-order valence-corrected chi connectivity index (χ0v) is 18.0. The maximum atomic E-state index is 14.3. The van der Waals surface area contributed by atoms with Crippen LogP contribution in [-0.4, -0.2) is 43.0 Å². The summed E-state index contributed by atoms with van der Waals surface area (Å²) in [4.78, 5) is 18.4. The number of anilines is 3. The highest BCUT2D eigenvalue weighted by atomic mass is 35.5. The summed E-state index contributed by atoms with van der Waals surface area (Å²) in [5.74, 6) is -3.19. The molecule has 0 aliphatic rings. The fraction of sp³-hybridized carbons (Fsp3) is 0.208. The van der Waals surface area contributed by atoms with Crippen LogP contribution in [0.5, 0.6) is 5.75 Å². The molecule has 0 radical (unpaired) electrons. The normalized spacial score (nSPS) is 16.7. The second-order valence-corrected chi connectivity index (χ2v) is 7.00. The molecule has 7 nitrogen and oxygen atoms in total. The van der Waals surface area contributed by atoms with Crippen molar-refractivity contribution in [2.24, 2.45) is 0 Å². The van der Waals surface area contributed by atoms with E-state index in [0.717, 1.165) is 6.08 Å². The Labute approximate surface area is 211 Å². The van der Waals surface area contributed by atoms with Crippen molar-refractivity contribution in [1.82, 2.24) is 9.88 Å². The molecule has 1 aromatic heterocycles. The van der Waals surface area contributed by atoms with Crippen molar-refractivity contribution in [1.29, 1.82) is 5.26 Å². The number of halogens is 2. The van der Waals surface area contributed by atoms with E-state index < -0.39 is 106 Å². The lowest BCUT2D eigenvalue weighted by Gasteiger charge is -2.16. The van der Waals surface area contributed by atoms with Gasteiger partial charge in [0.2, 0.25) is 5.91 Å². The van der Waals surface area contributed by atoms with Gasteiger partial charge in [-0.1, -0.05) is 17.7 Å². The van der Waals surface area contributed by atoms with Crippen LogP contribution in [0.2, 0.25) is 5.02 Å². The Morgan fingerprint density at radius 1 is 1.45 bits per heavy atom. The predicted molar refractivity (Wildman–Crippen MR) is 129 cm³/mol. The van der Waals surface area contributed by atoms with Crippen LogP contribution in [0.25, 0.3) is 10.9 Å². The maximum absolute atomic E-state index is 14.3. The van der Waals surface area contributed by atoms with Crippen LogP contribution in [0.15, 0.2) is 48.5 Å². The first kappa shape index (κ1) is 13.1. The second kappa shape index (κ2) is 10.8. The van der Waals surface area contributed by atoms with Crippen LogP contribution < -0.4 is 15.4 Å². The third kappa shape index (κ3) is 5.98. The van der Waals surface area contributed by atoms with Crippen LogP contribution in [0.1, 0.15) is 27.5 Å². The molecule has 0 fully saturated rings. The number of likely N-dealkylation sites (N-methyl/N-ethyl adjacent to an activating group) is 1. The van der Waals surface area contributed by atoms with Gasteiger partial charge in [-0.3, -0.25) is 9.78 Å². The average molecular weight is 479 g/mol. The monoisotopic (exact) mass is 478 g/mol. The number of benzene rings is 2. The van der Waals surface area contributed by atoms with E-state index in [2.05, 4.69) is 15.6 Å². The lowest BCUT2D eigenvalue weighted by molar-refractivity contribution is -0.111. The Hall–Kier alpha value is -3.67. The summed E-state index contributed by atoms with van der Waals surface area (Å²) < 4.78 is 108. The van der Waals surface area contributed by atoms with Crippen molar-refractivity contribution in [3.8, 4) is 11.8 Å². The highest BCUT2D eigenvalue weighted by Gasteiger charge is 2.15. The summed E-state index contributed by atoms with van der Waals surface area (Å²) in [5.41, 5.74) is -3.03. The summed E-state index contributed by atoms with van der Waals surface area (Å²) in [6, 6.07) is -2.72. The fourth-order valence-electron chi connectivity index (χ4n) is 2.54. The number of hydrogen-bond donors (Lipinski definition) is 2. The van der Waals surface area contributed by atoms with Gasteiger partial charge in [0, 0.05) is 40.0 Å². The quantitative estimate of drug-likeness (QED) is 0.438. The number of aromatic nitrogens is 1. The molecule has 3 aromatic rings. The number of carbonyl (C=O) groups excluding carboxylic acids is 1. The Morgan fingerprint density at radius 3 is 3.00 bits per heavy atom. The third-order valence-electron chi connectivity index (χ3n) is 3.95. The Morgan fingerprint density at radius 2 is 2.27 bits per heavy atom. The fourth-order valence-corrected chi connectivity index (χ4v) is 2.69. The number of carbonyl (C=O) groups is 1. The minimum Gasteiger partial charge on any atom is -0.492 e. The first-order valence-corrected chi connectivity index (χ1v) is 9.53. The molecule has 170 valence electrons. The highest BCUT2D eigenvalue weighted by Crippen LogP contribution is 2.36. The summed E-state index contributed by atoms with van der Waals surface area (Å²) >= 11 is 5.83. The van der Waals surface area contributed by atoms with Gasteiger partial charge in [0.1, 0.15) is 17.6 Å². The number of nitriles is 1. The van der Waals surface area contributed by atoms with E-state index in [9.17, 15) is 14.4 Å². The zero-order valence-electron chi connectivity index (χ0n) is 28.3. The molecule has 3 rings (SSSR count). The molecular weight excluding hydrogens is 445 g/mol. The van der Waals surface area contributed by atoms with Crippen LogP contribution in [-0.2, 0) is 4.79 Å². The molecular formula is C24H23ClFN5O2. The Kier molecular flexibility index (Phi) is 4.29. The first-order chi connectivity index (χ1) is 20.2. The van der Waals surface area contributed by atoms with Gasteiger partial charge in [0.15, 0.2) is 0 Å². The lowest BCUT2D eigenvalue weighted by atomic mass is 10.1. The third-order valence-corrected chi connectivity index (χ3v) is 4.21. The van der Waals surface area contributed by atoms with Crippen molar-refractivity contribution in [2.75, 3.05) is 37.8 Å². The van der Waals surface area contributed by atoms with Gasteiger partial charge in [0.25, 0.3) is 0 Å². The number of nitrogens with one attached hydrogen (secondary N) is 2. The smallest absolute Gasteiger partial charge is 0.248 e. The van der Waals surface area contributed by atoms with Crippen molar-refractivity contribution >= 4 is 45.5 Å². The van der Waals surface area contributed by atoms with Crippen molar-refractivity contribution in [3.05, 3.63) is 64.9 Å². The molecule has 0 bridgehead atoms. The summed E-state index contributed by atoms with van der Waals surface area (Å²) in [6.07, 6.45) is 1.68. The summed E-state index contributed by atoms with van der Waals surface area (Å²) in [5, 5.41) is 13.3. The zero-order chi connectivity index (χ0) is 33.5. The molecule has 0 saturated heterocycles. The standard InChI is InChI=1S/C24H23ClFN5O2/c1-4-33-22-12-20-17(11-21(22)30-23(32)6-5-9-31(2)3)24(15(13-27)14-28-20)29-16-7-8-19(26)18(25)10-16/h5-8,10-12,14H,4,9H2,1-3H3,(H,28,29)(H,30,32)/b6-5+/i1D3,4D2,7D,8D,10D,11D,12D,14D. The van der Waals surface area contributed by atoms with Crippen LogP contribution in [0, 0.1) is 17.1 Å². The molecule has 2 N–H and O–H groups in total. The van der Waals surface area contributed by atoms with Crippen LogP contribution in [0.3, 0.4) is 0 Å². The van der Waals surface area contributed by atoms with E-state index in [4.69, 9.17) is 31.4 Å². The van der Waals surface area contributed by atoms with E-state index in [1.54, 1.807) is 25.1 Å². The number of ether oxygens (including phenoxy) is 1. The molecule has 1 heterocycles. The van der Waals surface area contributed by atoms with E-state index in [1.165, 1.54) is 6.08 Å². The Balaban J connectivity index is 2.45. The summed E-state index contributed by atoms with van der Waals surface area (Å²) in [6.45, 7) is -6.54. The van der Waals surface area contributed by atoms with Gasteiger partial charge in [-0.25, -0.2) is 4.39 Å². The second-order valence-electron chi connectivity index (χ2n) is 6.62. The van der Waals surface area contributed by atoms with E-state index in [-0.39, 0.29) is 0 Å². The van der Waals surface area contributed by atoms with E-state index in [1.807, 2.05) is 0 Å². The molecule has 1 amide bonds. The Bertz CT molecular complexity index is 1710. The molecule has 0 saturated carbocycles. The minimum absolute atomic E-state index is 0.312. The van der Waals surface area contributed by atoms with E-state index >= 15 is 0 Å². The number of hydrogen-bond acceptors (Lipinski definition) is 6. The first-order valence-electron chi connectivity index (χ1n) is 14.7. The van der Waals surface area contributed by atoms with Gasteiger partial charge in [0.05, 0.1) is 45.0 Å². The van der Waals surface area contributed by atoms with Crippen molar-refractivity contribution in [3.63, 3.8) is 0 Å². The number of nitrogens with zero attached hydrogens (tertiary/aromatic N) is 3. The molecule has 0 aliphatic heterocycles. The highest BCUT2D eigenvalue weighted by molar-refractivity contribution is 6.31. The van der Waals surface area contributed by atoms with Crippen LogP contribution in [0.4, 0.5) is 21.5 Å². The minimum atomic E-state index is -3.45. The van der Waals surface area contributed by atoms with Crippen LogP contribution >= 0.6 is 11.6 Å². The molecule has 0 unspecified atom stereocenters. The lowest BCUT2D eigenvalue weighted by Crippen LogP contribution is -2.13. The van der Waals surface area contributed by atoms with Gasteiger partial charge >= 0.3 is 0 Å². The maximum Gasteiger partial charge on any atom is 0.248 e. The molecule has 33 heavy (non-hydrogen) atoms. The molecule has 0 spiro atoms. The largest absolute Gasteiger partial charge is 0.492 e. The number of rotatable bonds is 8. The van der Waals surface area contributed by atoms with E-state index in [0.29, 0.717) is 6.54 Å². The number of amides is 1. The van der Waals surface area contributed by atoms with Gasteiger partial charge < -0.3 is 20.3 Å². The number of fused-ring (bicyclic) bond motifs is 1. The SMILES string of the molecule is [2H]c1nc2c([2H])c(OC([2H])([2H])C([2H])([2H])[2H])c(NC(=O)/C=C/CN(C)C)c([2H])c2c(Nc2c([2H])c([2H])c(F)c(Cl)c2[2H])c1C#N. The predicted octanol–water partition coefficient (Wildman–Crippen LogP) is 5.10. The molecule has 0 aliphatic carbocycles. The molecule has 2 aromatic carbocycles. The molecule has 9 heteroatoms.